The highest BCUT2D eigenvalue weighted by atomic mass is 16.7. The molecular formula is C30H52N2O2. The molecule has 0 aromatic carbocycles. The SMILES string of the molecule is C1CCCC1.C=C1CCC2C3COCOC3CCC2(C)C1CCN1CCC(N2CCCC2)CC1. The van der Waals surface area contributed by atoms with Crippen LogP contribution in [0.25, 0.3) is 0 Å². The Bertz CT molecular complexity index is 643. The molecule has 5 unspecified atom stereocenters. The van der Waals surface area contributed by atoms with Crippen molar-refractivity contribution >= 4 is 0 Å². The molecule has 0 aromatic rings. The largest absolute Gasteiger partial charge is 0.355 e. The quantitative estimate of drug-likeness (QED) is 0.451. The van der Waals surface area contributed by atoms with Crippen molar-refractivity contribution in [1.82, 2.24) is 9.80 Å². The zero-order valence-electron chi connectivity index (χ0n) is 22.2. The maximum absolute atomic E-state index is 5.99. The predicted octanol–water partition coefficient (Wildman–Crippen LogP) is 6.26. The van der Waals surface area contributed by atoms with Gasteiger partial charge in [0.25, 0.3) is 0 Å². The number of rotatable bonds is 4. The number of hydrogen-bond donors (Lipinski definition) is 0. The molecule has 4 nitrogen and oxygen atoms in total. The number of ether oxygens (including phenoxy) is 2. The highest BCUT2D eigenvalue weighted by molar-refractivity contribution is 5.15. The number of allylic oxidation sites excluding steroid dienone is 1. The number of likely N-dealkylation sites (tertiary alicyclic amines) is 2. The highest BCUT2D eigenvalue weighted by Gasteiger charge is 2.53. The summed E-state index contributed by atoms with van der Waals surface area (Å²) in [6, 6.07) is 0.863. The van der Waals surface area contributed by atoms with Crippen molar-refractivity contribution in [2.45, 2.75) is 109 Å². The molecule has 5 atom stereocenters. The molecule has 0 aromatic heterocycles. The molecule has 34 heavy (non-hydrogen) atoms. The molecule has 4 heteroatoms. The third-order valence-electron chi connectivity index (χ3n) is 10.7. The maximum atomic E-state index is 5.99. The van der Waals surface area contributed by atoms with Gasteiger partial charge in [0.15, 0.2) is 0 Å². The second-order valence-corrected chi connectivity index (χ2v) is 12.6. The third-order valence-corrected chi connectivity index (χ3v) is 10.7. The Morgan fingerprint density at radius 3 is 2.32 bits per heavy atom. The Hall–Kier alpha value is -0.420. The van der Waals surface area contributed by atoms with Crippen molar-refractivity contribution in [3.05, 3.63) is 12.2 Å². The standard InChI is InChI=1S/C25H42N2O2.C5H10/c1-19-5-6-23-21-17-28-18-29-24(21)7-11-25(23,2)22(19)10-16-26-14-8-20(9-15-26)27-12-3-4-13-27;1-2-4-5-3-1/h20-24H,1,3-18H2,2H3;1-5H2. The second kappa shape index (κ2) is 11.8. The van der Waals surface area contributed by atoms with Gasteiger partial charge in [-0.2, -0.15) is 0 Å². The first-order valence-electron chi connectivity index (χ1n) is 15.0. The minimum Gasteiger partial charge on any atom is -0.355 e. The Morgan fingerprint density at radius 2 is 1.62 bits per heavy atom. The summed E-state index contributed by atoms with van der Waals surface area (Å²) in [4.78, 5) is 5.52. The molecule has 6 aliphatic rings. The summed E-state index contributed by atoms with van der Waals surface area (Å²) in [6.45, 7) is 15.1. The topological polar surface area (TPSA) is 24.9 Å². The fraction of sp³-hybridized carbons (Fsp3) is 0.933. The fourth-order valence-electron chi connectivity index (χ4n) is 8.65. The molecule has 0 N–H and O–H groups in total. The average Bonchev–Trinajstić information content (AvgIpc) is 3.61. The average molecular weight is 473 g/mol. The van der Waals surface area contributed by atoms with Gasteiger partial charge in [0.1, 0.15) is 6.79 Å². The maximum Gasteiger partial charge on any atom is 0.147 e. The van der Waals surface area contributed by atoms with Crippen molar-refractivity contribution in [3.8, 4) is 0 Å². The van der Waals surface area contributed by atoms with E-state index >= 15 is 0 Å². The second-order valence-electron chi connectivity index (χ2n) is 12.6. The molecule has 3 saturated carbocycles. The molecule has 3 heterocycles. The van der Waals surface area contributed by atoms with E-state index in [4.69, 9.17) is 9.47 Å². The number of piperidine rings is 1. The zero-order valence-corrected chi connectivity index (χ0v) is 22.2. The summed E-state index contributed by atoms with van der Waals surface area (Å²) in [7, 11) is 0. The van der Waals surface area contributed by atoms with Crippen molar-refractivity contribution in [3.63, 3.8) is 0 Å². The van der Waals surface area contributed by atoms with Crippen LogP contribution < -0.4 is 0 Å². The molecule has 0 amide bonds. The molecule has 6 fully saturated rings. The lowest BCUT2D eigenvalue weighted by molar-refractivity contribution is -0.218. The molecule has 0 radical (unpaired) electrons. The number of fused-ring (bicyclic) bond motifs is 3. The van der Waals surface area contributed by atoms with E-state index in [-0.39, 0.29) is 0 Å². The van der Waals surface area contributed by atoms with Crippen molar-refractivity contribution < 1.29 is 9.47 Å². The van der Waals surface area contributed by atoms with Gasteiger partial charge in [0.05, 0.1) is 12.7 Å². The normalized spacial score (nSPS) is 39.9. The lowest BCUT2D eigenvalue weighted by Crippen LogP contribution is -2.54. The summed E-state index contributed by atoms with van der Waals surface area (Å²) in [5.41, 5.74) is 1.93. The van der Waals surface area contributed by atoms with Crippen LogP contribution in [0.5, 0.6) is 0 Å². The lowest BCUT2D eigenvalue weighted by atomic mass is 9.50. The molecule has 0 spiro atoms. The number of nitrogens with zero attached hydrogens (tertiary/aromatic N) is 2. The van der Waals surface area contributed by atoms with Gasteiger partial charge in [-0.1, -0.05) is 51.2 Å². The van der Waals surface area contributed by atoms with Crippen molar-refractivity contribution in [2.75, 3.05) is 46.1 Å². The van der Waals surface area contributed by atoms with Crippen LogP contribution in [0.4, 0.5) is 0 Å². The van der Waals surface area contributed by atoms with Gasteiger partial charge in [0.2, 0.25) is 0 Å². The van der Waals surface area contributed by atoms with Crippen molar-refractivity contribution in [2.24, 2.45) is 23.2 Å². The monoisotopic (exact) mass is 472 g/mol. The van der Waals surface area contributed by atoms with Gasteiger partial charge in [0, 0.05) is 12.0 Å². The van der Waals surface area contributed by atoms with Gasteiger partial charge in [-0.25, -0.2) is 0 Å². The molecule has 3 aliphatic heterocycles. The van der Waals surface area contributed by atoms with Gasteiger partial charge in [-0.3, -0.25) is 0 Å². The van der Waals surface area contributed by atoms with E-state index in [1.54, 1.807) is 0 Å². The van der Waals surface area contributed by atoms with E-state index < -0.39 is 0 Å². The number of hydrogen-bond acceptors (Lipinski definition) is 4. The lowest BCUT2D eigenvalue weighted by Gasteiger charge is -2.57. The Balaban J connectivity index is 0.000000429. The van der Waals surface area contributed by atoms with Crippen LogP contribution in [0.1, 0.15) is 96.8 Å². The van der Waals surface area contributed by atoms with Crippen LogP contribution in [0.2, 0.25) is 0 Å². The molecule has 3 saturated heterocycles. The summed E-state index contributed by atoms with van der Waals surface area (Å²) in [6.07, 6.45) is 19.9. The first-order valence-corrected chi connectivity index (χ1v) is 15.0. The Morgan fingerprint density at radius 1 is 0.912 bits per heavy atom. The molecule has 0 bridgehead atoms. The minimum absolute atomic E-state index is 0.397. The molecule has 6 rings (SSSR count). The van der Waals surface area contributed by atoms with Crippen LogP contribution in [-0.4, -0.2) is 68.1 Å². The van der Waals surface area contributed by atoms with Crippen molar-refractivity contribution in [1.29, 1.82) is 0 Å². The first-order chi connectivity index (χ1) is 16.6. The van der Waals surface area contributed by atoms with E-state index in [1.165, 1.54) is 128 Å². The zero-order chi connectivity index (χ0) is 23.4. The third kappa shape index (κ3) is 5.61. The van der Waals surface area contributed by atoms with Crippen LogP contribution in [0, 0.1) is 23.2 Å². The van der Waals surface area contributed by atoms with Crippen LogP contribution >= 0.6 is 0 Å². The fourth-order valence-corrected chi connectivity index (χ4v) is 8.65. The van der Waals surface area contributed by atoms with Gasteiger partial charge >= 0.3 is 0 Å². The van der Waals surface area contributed by atoms with Gasteiger partial charge in [-0.15, -0.1) is 0 Å². The van der Waals surface area contributed by atoms with Crippen LogP contribution in [0.15, 0.2) is 12.2 Å². The van der Waals surface area contributed by atoms with E-state index in [9.17, 15) is 0 Å². The van der Waals surface area contributed by atoms with Crippen LogP contribution in [0.3, 0.4) is 0 Å². The first kappa shape index (κ1) is 25.2. The minimum atomic E-state index is 0.397. The summed E-state index contributed by atoms with van der Waals surface area (Å²) < 4.78 is 11.7. The van der Waals surface area contributed by atoms with Gasteiger partial charge in [-0.05, 0) is 108 Å². The van der Waals surface area contributed by atoms with Gasteiger partial charge < -0.3 is 19.3 Å². The summed E-state index contributed by atoms with van der Waals surface area (Å²) in [5, 5.41) is 0. The highest BCUT2D eigenvalue weighted by Crippen LogP contribution is 2.58. The van der Waals surface area contributed by atoms with E-state index in [2.05, 4.69) is 23.3 Å². The predicted molar refractivity (Wildman–Crippen MR) is 140 cm³/mol. The Labute approximate surface area is 209 Å². The summed E-state index contributed by atoms with van der Waals surface area (Å²) >= 11 is 0. The molecule has 194 valence electrons. The smallest absolute Gasteiger partial charge is 0.147 e. The van der Waals surface area contributed by atoms with E-state index in [0.29, 0.717) is 30.1 Å². The molecule has 3 aliphatic carbocycles. The van der Waals surface area contributed by atoms with E-state index in [0.717, 1.165) is 18.6 Å². The van der Waals surface area contributed by atoms with E-state index in [1.807, 2.05) is 0 Å². The Kier molecular flexibility index (Phi) is 8.72. The molecular weight excluding hydrogens is 420 g/mol. The van der Waals surface area contributed by atoms with Crippen LogP contribution in [-0.2, 0) is 9.47 Å². The summed E-state index contributed by atoms with van der Waals surface area (Å²) in [5.74, 6) is 2.03.